The Hall–Kier alpha value is -0.370. The highest BCUT2D eigenvalue weighted by Crippen LogP contribution is 2.42. The molecular formula is C10H16O2. The van der Waals surface area contributed by atoms with E-state index in [4.69, 9.17) is 4.74 Å². The van der Waals surface area contributed by atoms with Crippen LogP contribution >= 0.6 is 0 Å². The number of epoxide rings is 1. The molecule has 0 aromatic heterocycles. The third-order valence-electron chi connectivity index (χ3n) is 3.41. The highest BCUT2D eigenvalue weighted by atomic mass is 16.6. The Kier molecular flexibility index (Phi) is 1.76. The predicted octanol–water partition coefficient (Wildman–Crippen LogP) is 1.78. The summed E-state index contributed by atoms with van der Waals surface area (Å²) in [6, 6.07) is 0. The second-order valence-electron chi connectivity index (χ2n) is 4.45. The van der Waals surface area contributed by atoms with Crippen LogP contribution in [0.3, 0.4) is 0 Å². The van der Waals surface area contributed by atoms with E-state index in [1.54, 1.807) is 0 Å². The van der Waals surface area contributed by atoms with Crippen molar-refractivity contribution in [3.8, 4) is 0 Å². The highest BCUT2D eigenvalue weighted by molar-refractivity contribution is 5.81. The molecule has 0 radical (unpaired) electrons. The molecule has 0 aromatic rings. The molecule has 2 rings (SSSR count). The van der Waals surface area contributed by atoms with Crippen LogP contribution < -0.4 is 0 Å². The summed E-state index contributed by atoms with van der Waals surface area (Å²) in [5.74, 6) is 1.23. The molecule has 1 aliphatic carbocycles. The minimum Gasteiger partial charge on any atom is -0.370 e. The van der Waals surface area contributed by atoms with Gasteiger partial charge in [0.1, 0.15) is 5.78 Å². The first kappa shape index (κ1) is 8.24. The van der Waals surface area contributed by atoms with Gasteiger partial charge in [-0.25, -0.2) is 0 Å². The van der Waals surface area contributed by atoms with Crippen molar-refractivity contribution in [3.05, 3.63) is 0 Å². The maximum Gasteiger partial charge on any atom is 0.136 e. The lowest BCUT2D eigenvalue weighted by atomic mass is 9.76. The van der Waals surface area contributed by atoms with Crippen molar-refractivity contribution in [3.63, 3.8) is 0 Å². The molecule has 2 aliphatic rings. The van der Waals surface area contributed by atoms with E-state index in [2.05, 4.69) is 6.92 Å². The summed E-state index contributed by atoms with van der Waals surface area (Å²) in [4.78, 5) is 11.4. The van der Waals surface area contributed by atoms with Gasteiger partial charge in [0.15, 0.2) is 0 Å². The summed E-state index contributed by atoms with van der Waals surface area (Å²) < 4.78 is 5.37. The molecule has 1 aliphatic heterocycles. The van der Waals surface area contributed by atoms with Crippen molar-refractivity contribution in [2.75, 3.05) is 6.61 Å². The third-order valence-corrected chi connectivity index (χ3v) is 3.41. The van der Waals surface area contributed by atoms with Crippen LogP contribution in [-0.4, -0.2) is 18.0 Å². The molecule has 12 heavy (non-hydrogen) atoms. The standard InChI is InChI=1S/C10H16O2/c1-7-3-4-8(5-9(7)11)10(2)6-12-10/h7-8H,3-6H2,1-2H3/t7-,8-,10?/m0/s1. The Morgan fingerprint density at radius 3 is 2.67 bits per heavy atom. The molecule has 0 amide bonds. The van der Waals surface area contributed by atoms with Gasteiger partial charge in [-0.15, -0.1) is 0 Å². The van der Waals surface area contributed by atoms with E-state index in [1.165, 1.54) is 6.42 Å². The molecule has 2 fully saturated rings. The van der Waals surface area contributed by atoms with Gasteiger partial charge in [0.25, 0.3) is 0 Å². The van der Waals surface area contributed by atoms with Gasteiger partial charge < -0.3 is 4.74 Å². The van der Waals surface area contributed by atoms with E-state index in [1.807, 2.05) is 6.92 Å². The molecule has 1 saturated carbocycles. The zero-order valence-electron chi connectivity index (χ0n) is 7.80. The van der Waals surface area contributed by atoms with Gasteiger partial charge >= 0.3 is 0 Å². The van der Waals surface area contributed by atoms with Crippen LogP contribution in [0.1, 0.15) is 33.1 Å². The number of Topliss-reactive ketones (excluding diaryl/α,β-unsaturated/α-hetero) is 1. The van der Waals surface area contributed by atoms with E-state index in [-0.39, 0.29) is 5.60 Å². The molecule has 1 saturated heterocycles. The van der Waals surface area contributed by atoms with Crippen LogP contribution in [-0.2, 0) is 9.53 Å². The molecule has 0 bridgehead atoms. The van der Waals surface area contributed by atoms with Crippen molar-refractivity contribution in [1.29, 1.82) is 0 Å². The first-order chi connectivity index (χ1) is 5.62. The maximum absolute atomic E-state index is 11.4. The van der Waals surface area contributed by atoms with Gasteiger partial charge in [0.05, 0.1) is 12.2 Å². The lowest BCUT2D eigenvalue weighted by molar-refractivity contribution is -0.126. The first-order valence-electron chi connectivity index (χ1n) is 4.78. The number of rotatable bonds is 1. The number of hydrogen-bond acceptors (Lipinski definition) is 2. The highest BCUT2D eigenvalue weighted by Gasteiger charge is 2.48. The van der Waals surface area contributed by atoms with Crippen LogP contribution in [0.15, 0.2) is 0 Å². The zero-order valence-corrected chi connectivity index (χ0v) is 7.80. The smallest absolute Gasteiger partial charge is 0.136 e. The molecule has 0 spiro atoms. The Labute approximate surface area is 73.3 Å². The average Bonchev–Trinajstić information content (AvgIpc) is 2.75. The lowest BCUT2D eigenvalue weighted by Crippen LogP contribution is -2.31. The fourth-order valence-electron chi connectivity index (χ4n) is 2.03. The largest absolute Gasteiger partial charge is 0.370 e. The van der Waals surface area contributed by atoms with Crippen molar-refractivity contribution in [2.24, 2.45) is 11.8 Å². The molecule has 2 nitrogen and oxygen atoms in total. The Morgan fingerprint density at radius 1 is 1.50 bits per heavy atom. The van der Waals surface area contributed by atoms with E-state index >= 15 is 0 Å². The third kappa shape index (κ3) is 1.28. The first-order valence-corrected chi connectivity index (χ1v) is 4.78. The second kappa shape index (κ2) is 2.56. The molecule has 68 valence electrons. The number of ketones is 1. The van der Waals surface area contributed by atoms with Crippen LogP contribution in [0, 0.1) is 11.8 Å². The SMILES string of the molecule is C[C@H]1CC[C@H](C2(C)CO2)CC1=O. The average molecular weight is 168 g/mol. The van der Waals surface area contributed by atoms with Gasteiger partial charge in [-0.1, -0.05) is 6.92 Å². The summed E-state index contributed by atoms with van der Waals surface area (Å²) >= 11 is 0. The van der Waals surface area contributed by atoms with Gasteiger partial charge in [-0.05, 0) is 25.7 Å². The Bertz CT molecular complexity index is 206. The van der Waals surface area contributed by atoms with Gasteiger partial charge in [-0.3, -0.25) is 4.79 Å². The summed E-state index contributed by atoms with van der Waals surface area (Å²) in [5.41, 5.74) is 0.0653. The summed E-state index contributed by atoms with van der Waals surface area (Å²) in [5, 5.41) is 0. The molecule has 1 unspecified atom stereocenters. The van der Waals surface area contributed by atoms with Gasteiger partial charge in [-0.2, -0.15) is 0 Å². The van der Waals surface area contributed by atoms with E-state index < -0.39 is 0 Å². The van der Waals surface area contributed by atoms with Gasteiger partial charge in [0.2, 0.25) is 0 Å². The van der Waals surface area contributed by atoms with E-state index in [0.717, 1.165) is 19.4 Å². The quantitative estimate of drug-likeness (QED) is 0.558. The van der Waals surface area contributed by atoms with Crippen LogP contribution in [0.2, 0.25) is 0 Å². The van der Waals surface area contributed by atoms with Crippen molar-refractivity contribution in [1.82, 2.24) is 0 Å². The normalized spacial score (nSPS) is 47.7. The van der Waals surface area contributed by atoms with E-state index in [0.29, 0.717) is 17.6 Å². The van der Waals surface area contributed by atoms with Crippen molar-refractivity contribution in [2.45, 2.75) is 38.7 Å². The Balaban J connectivity index is 1.98. The second-order valence-corrected chi connectivity index (χ2v) is 4.45. The lowest BCUT2D eigenvalue weighted by Gasteiger charge is -2.27. The maximum atomic E-state index is 11.4. The number of ether oxygens (including phenoxy) is 1. The molecule has 0 aromatic carbocycles. The van der Waals surface area contributed by atoms with Crippen LogP contribution in [0.5, 0.6) is 0 Å². The number of carbonyl (C=O) groups is 1. The summed E-state index contributed by atoms with van der Waals surface area (Å²) in [6.45, 7) is 5.02. The number of hydrogen-bond donors (Lipinski definition) is 0. The van der Waals surface area contributed by atoms with Crippen LogP contribution in [0.4, 0.5) is 0 Å². The molecule has 0 N–H and O–H groups in total. The number of carbonyl (C=O) groups excluding carboxylic acids is 1. The zero-order chi connectivity index (χ0) is 8.77. The summed E-state index contributed by atoms with van der Waals surface area (Å²) in [6.07, 6.45) is 2.98. The molecule has 3 atom stereocenters. The topological polar surface area (TPSA) is 29.6 Å². The minimum atomic E-state index is 0.0653. The molecule has 1 heterocycles. The fourth-order valence-corrected chi connectivity index (χ4v) is 2.03. The van der Waals surface area contributed by atoms with E-state index in [9.17, 15) is 4.79 Å². The van der Waals surface area contributed by atoms with Gasteiger partial charge in [0, 0.05) is 12.3 Å². The fraction of sp³-hybridized carbons (Fsp3) is 0.900. The molecule has 2 heteroatoms. The minimum absolute atomic E-state index is 0.0653. The Morgan fingerprint density at radius 2 is 2.17 bits per heavy atom. The summed E-state index contributed by atoms with van der Waals surface area (Å²) in [7, 11) is 0. The molecular weight excluding hydrogens is 152 g/mol. The van der Waals surface area contributed by atoms with Crippen molar-refractivity contribution < 1.29 is 9.53 Å². The van der Waals surface area contributed by atoms with Crippen molar-refractivity contribution >= 4 is 5.78 Å². The predicted molar refractivity (Wildman–Crippen MR) is 45.9 cm³/mol. The monoisotopic (exact) mass is 168 g/mol. The van der Waals surface area contributed by atoms with Crippen LogP contribution in [0.25, 0.3) is 0 Å².